The Kier molecular flexibility index (Phi) is 6.10. The number of nitrogens with zero attached hydrogens (tertiary/aromatic N) is 5. The summed E-state index contributed by atoms with van der Waals surface area (Å²) in [6, 6.07) is 13.8. The highest BCUT2D eigenvalue weighted by Gasteiger charge is 2.26. The molecular weight excluding hydrogens is 466 g/mol. The highest BCUT2D eigenvalue weighted by atomic mass is 16.5. The largest absolute Gasteiger partial charge is 0.480 e. The lowest BCUT2D eigenvalue weighted by molar-refractivity contribution is 0.0735. The molecule has 2 aromatic carbocycles. The van der Waals surface area contributed by atoms with Crippen molar-refractivity contribution in [3.8, 4) is 17.1 Å². The highest BCUT2D eigenvalue weighted by Crippen LogP contribution is 2.30. The number of ether oxygens (including phenoxy) is 1. The first kappa shape index (κ1) is 23.2. The van der Waals surface area contributed by atoms with Crippen molar-refractivity contribution in [1.29, 1.82) is 0 Å². The molecule has 3 heterocycles. The maximum absolute atomic E-state index is 13.6. The Balaban J connectivity index is 1.40. The van der Waals surface area contributed by atoms with E-state index in [4.69, 9.17) is 4.74 Å². The summed E-state index contributed by atoms with van der Waals surface area (Å²) in [7, 11) is 1.57. The molecule has 0 amide bonds. The molecule has 2 atom stereocenters. The van der Waals surface area contributed by atoms with E-state index in [9.17, 15) is 9.90 Å². The minimum Gasteiger partial charge on any atom is -0.480 e. The molecule has 1 N–H and O–H groups in total. The van der Waals surface area contributed by atoms with E-state index in [1.54, 1.807) is 36.6 Å². The van der Waals surface area contributed by atoms with Gasteiger partial charge in [0.15, 0.2) is 0 Å². The fourth-order valence-electron chi connectivity index (χ4n) is 5.30. The number of fused-ring (bicyclic) bond motifs is 3. The minimum absolute atomic E-state index is 0.128. The van der Waals surface area contributed by atoms with Gasteiger partial charge in [-0.15, -0.1) is 0 Å². The van der Waals surface area contributed by atoms with Crippen molar-refractivity contribution in [2.75, 3.05) is 7.11 Å². The Morgan fingerprint density at radius 2 is 1.84 bits per heavy atom. The van der Waals surface area contributed by atoms with Crippen molar-refractivity contribution in [1.82, 2.24) is 24.5 Å². The molecule has 8 heteroatoms. The van der Waals surface area contributed by atoms with Crippen molar-refractivity contribution in [3.05, 3.63) is 88.9 Å². The molecule has 0 spiro atoms. The lowest BCUT2D eigenvalue weighted by Gasteiger charge is -2.29. The third-order valence-corrected chi connectivity index (χ3v) is 7.24. The number of pyridine rings is 1. The summed E-state index contributed by atoms with van der Waals surface area (Å²) in [5.41, 5.74) is 4.96. The first-order valence-electron chi connectivity index (χ1n) is 12.5. The predicted molar refractivity (Wildman–Crippen MR) is 142 cm³/mol. The Morgan fingerprint density at radius 3 is 2.65 bits per heavy atom. The first-order chi connectivity index (χ1) is 18.1. The van der Waals surface area contributed by atoms with Gasteiger partial charge >= 0.3 is 0 Å². The lowest BCUT2D eigenvalue weighted by atomic mass is 9.92. The molecule has 0 saturated heterocycles. The second-order valence-electron chi connectivity index (χ2n) is 9.53. The summed E-state index contributed by atoms with van der Waals surface area (Å²) in [5, 5.41) is 12.1. The molecule has 8 nitrogen and oxygen atoms in total. The van der Waals surface area contributed by atoms with Gasteiger partial charge in [0.05, 0.1) is 54.6 Å². The highest BCUT2D eigenvalue weighted by molar-refractivity contribution is 6.04. The molecule has 6 rings (SSSR count). The van der Waals surface area contributed by atoms with Crippen LogP contribution >= 0.6 is 0 Å². The van der Waals surface area contributed by atoms with Crippen LogP contribution in [0.3, 0.4) is 0 Å². The number of hydrogen-bond acceptors (Lipinski definition) is 7. The molecule has 1 aliphatic carbocycles. The Morgan fingerprint density at radius 1 is 1.03 bits per heavy atom. The van der Waals surface area contributed by atoms with Crippen molar-refractivity contribution < 1.29 is 9.84 Å². The standard InChI is InChI=1S/C29H27N5O3/c1-37-26-16-30-15-23(33-26)19-10-8-18(9-11-19)13-20-14-22-28(27-21(20)5-4-12-31-27)32-17-34(29(22)36)24-6-2-3-7-25(24)35/h4-5,8-12,14-17,24-25,35H,2-3,6-7,13H2,1H3/t24-,25-/m0/s1. The van der Waals surface area contributed by atoms with Crippen molar-refractivity contribution in [2.24, 2.45) is 0 Å². The molecule has 5 aromatic rings. The van der Waals surface area contributed by atoms with Crippen molar-refractivity contribution >= 4 is 21.8 Å². The minimum atomic E-state index is -0.531. The summed E-state index contributed by atoms with van der Waals surface area (Å²) in [6.45, 7) is 0. The van der Waals surface area contributed by atoms with Gasteiger partial charge in [0.1, 0.15) is 5.52 Å². The van der Waals surface area contributed by atoms with Crippen LogP contribution in [0.15, 0.2) is 72.2 Å². The average Bonchev–Trinajstić information content (AvgIpc) is 2.95. The number of benzene rings is 2. The van der Waals surface area contributed by atoms with Gasteiger partial charge in [-0.1, -0.05) is 43.2 Å². The normalized spacial score (nSPS) is 17.8. The Bertz CT molecular complexity index is 1650. The number of rotatable bonds is 5. The smallest absolute Gasteiger partial charge is 0.261 e. The van der Waals surface area contributed by atoms with Crippen LogP contribution in [0.2, 0.25) is 0 Å². The summed E-state index contributed by atoms with van der Waals surface area (Å²) in [6.07, 6.45) is 10.2. The van der Waals surface area contributed by atoms with Crippen LogP contribution in [0.5, 0.6) is 5.88 Å². The average molecular weight is 494 g/mol. The molecule has 1 fully saturated rings. The zero-order valence-corrected chi connectivity index (χ0v) is 20.5. The van der Waals surface area contributed by atoms with Crippen LogP contribution in [0.25, 0.3) is 33.1 Å². The van der Waals surface area contributed by atoms with Crippen LogP contribution in [0, 0.1) is 0 Å². The van der Waals surface area contributed by atoms with Crippen molar-refractivity contribution in [2.45, 2.75) is 44.2 Å². The van der Waals surface area contributed by atoms with E-state index in [0.717, 1.165) is 47.0 Å². The van der Waals surface area contributed by atoms with Gasteiger partial charge in [-0.25, -0.2) is 9.97 Å². The van der Waals surface area contributed by atoms with Gasteiger partial charge in [-0.2, -0.15) is 0 Å². The van der Waals surface area contributed by atoms with Crippen LogP contribution in [-0.2, 0) is 6.42 Å². The summed E-state index contributed by atoms with van der Waals surface area (Å²) >= 11 is 0. The number of aliphatic hydroxyl groups excluding tert-OH is 1. The second-order valence-corrected chi connectivity index (χ2v) is 9.53. The van der Waals surface area contributed by atoms with Crippen LogP contribution < -0.4 is 10.3 Å². The fraction of sp³-hybridized carbons (Fsp3) is 0.276. The van der Waals surface area contributed by atoms with E-state index in [-0.39, 0.29) is 11.6 Å². The van der Waals surface area contributed by atoms with Crippen LogP contribution in [-0.4, -0.2) is 42.8 Å². The Hall–Kier alpha value is -4.17. The second kappa shape index (κ2) is 9.71. The SMILES string of the molecule is COc1cncc(-c2ccc(Cc3cc4c(=O)n([C@H]5CCCC[C@@H]5O)cnc4c4ncccc34)cc2)n1. The van der Waals surface area contributed by atoms with E-state index < -0.39 is 6.10 Å². The van der Waals surface area contributed by atoms with E-state index in [1.807, 2.05) is 30.3 Å². The molecule has 0 bridgehead atoms. The van der Waals surface area contributed by atoms with E-state index in [0.29, 0.717) is 35.1 Å². The number of aliphatic hydroxyl groups is 1. The molecule has 186 valence electrons. The number of hydrogen-bond donors (Lipinski definition) is 1. The topological polar surface area (TPSA) is 103 Å². The summed E-state index contributed by atoms with van der Waals surface area (Å²) < 4.78 is 6.81. The maximum atomic E-state index is 13.6. The van der Waals surface area contributed by atoms with Gasteiger partial charge < -0.3 is 9.84 Å². The quantitative estimate of drug-likeness (QED) is 0.360. The van der Waals surface area contributed by atoms with E-state index >= 15 is 0 Å². The summed E-state index contributed by atoms with van der Waals surface area (Å²) in [5.74, 6) is 0.469. The predicted octanol–water partition coefficient (Wildman–Crippen LogP) is 4.48. The fourth-order valence-corrected chi connectivity index (χ4v) is 5.30. The maximum Gasteiger partial charge on any atom is 0.261 e. The molecule has 0 unspecified atom stereocenters. The van der Waals surface area contributed by atoms with Gasteiger partial charge in [0.2, 0.25) is 5.88 Å². The third kappa shape index (κ3) is 4.34. The molecular formula is C29H27N5O3. The molecule has 0 aliphatic heterocycles. The first-order valence-corrected chi connectivity index (χ1v) is 12.5. The van der Waals surface area contributed by atoms with Gasteiger partial charge in [0.25, 0.3) is 5.56 Å². The zero-order chi connectivity index (χ0) is 25.4. The number of methoxy groups -OCH3 is 1. The third-order valence-electron chi connectivity index (χ3n) is 7.24. The Labute approximate surface area is 213 Å². The van der Waals surface area contributed by atoms with Gasteiger partial charge in [-0.05, 0) is 42.5 Å². The molecule has 3 aromatic heterocycles. The van der Waals surface area contributed by atoms with Crippen LogP contribution in [0.4, 0.5) is 0 Å². The van der Waals surface area contributed by atoms with Gasteiger partial charge in [0, 0.05) is 17.1 Å². The molecule has 37 heavy (non-hydrogen) atoms. The van der Waals surface area contributed by atoms with Crippen molar-refractivity contribution in [3.63, 3.8) is 0 Å². The molecule has 0 radical (unpaired) electrons. The lowest BCUT2D eigenvalue weighted by Crippen LogP contribution is -2.34. The molecule has 1 saturated carbocycles. The monoisotopic (exact) mass is 493 g/mol. The number of aromatic nitrogens is 5. The zero-order valence-electron chi connectivity index (χ0n) is 20.5. The van der Waals surface area contributed by atoms with E-state index in [2.05, 4.69) is 32.1 Å². The van der Waals surface area contributed by atoms with Crippen LogP contribution in [0.1, 0.15) is 42.9 Å². The van der Waals surface area contributed by atoms with Gasteiger partial charge in [-0.3, -0.25) is 19.3 Å². The van der Waals surface area contributed by atoms with E-state index in [1.165, 1.54) is 0 Å². The molecule has 1 aliphatic rings. The summed E-state index contributed by atoms with van der Waals surface area (Å²) in [4.78, 5) is 31.5.